The summed E-state index contributed by atoms with van der Waals surface area (Å²) in [6, 6.07) is 3.89. The summed E-state index contributed by atoms with van der Waals surface area (Å²) >= 11 is 0. The highest BCUT2D eigenvalue weighted by Gasteiger charge is 2.26. The number of aromatic nitrogens is 1. The molecule has 1 aromatic rings. The van der Waals surface area contributed by atoms with Crippen molar-refractivity contribution in [1.82, 2.24) is 20.5 Å². The zero-order valence-corrected chi connectivity index (χ0v) is 14.6. The summed E-state index contributed by atoms with van der Waals surface area (Å²) in [6.07, 6.45) is -3.31. The third-order valence-electron chi connectivity index (χ3n) is 4.02. The summed E-state index contributed by atoms with van der Waals surface area (Å²) in [7, 11) is 3.63. The maximum atomic E-state index is 12.2. The van der Waals surface area contributed by atoms with Gasteiger partial charge in [0.05, 0.1) is 6.42 Å². The molecule has 1 fully saturated rings. The van der Waals surface area contributed by atoms with Crippen molar-refractivity contribution < 1.29 is 13.2 Å². The standard InChI is InChI=1S/C16H25F3N6/c1-20-15(22-6-4-16(17,18)19)23-12-13-3-5-21-14(11-13)25-9-7-24(2)8-10-25/h3,5,11H,4,6-10,12H2,1-2H3,(H2,20,22,23). The number of piperazine rings is 1. The van der Waals surface area contributed by atoms with Gasteiger partial charge in [0.1, 0.15) is 5.82 Å². The van der Waals surface area contributed by atoms with Gasteiger partial charge in [-0.2, -0.15) is 13.2 Å². The van der Waals surface area contributed by atoms with Gasteiger partial charge in [0, 0.05) is 52.5 Å². The highest BCUT2D eigenvalue weighted by Crippen LogP contribution is 2.18. The third-order valence-corrected chi connectivity index (χ3v) is 4.02. The first-order valence-electron chi connectivity index (χ1n) is 8.27. The summed E-state index contributed by atoms with van der Waals surface area (Å²) in [5, 5.41) is 5.69. The van der Waals surface area contributed by atoms with Crippen molar-refractivity contribution in [2.45, 2.75) is 19.1 Å². The number of alkyl halides is 3. The molecule has 1 aromatic heterocycles. The molecule has 6 nitrogen and oxygen atoms in total. The van der Waals surface area contributed by atoms with E-state index in [-0.39, 0.29) is 6.54 Å². The van der Waals surface area contributed by atoms with Crippen LogP contribution in [0.25, 0.3) is 0 Å². The van der Waals surface area contributed by atoms with E-state index in [4.69, 9.17) is 0 Å². The van der Waals surface area contributed by atoms with E-state index in [9.17, 15) is 13.2 Å². The summed E-state index contributed by atoms with van der Waals surface area (Å²) in [5.74, 6) is 1.27. The van der Waals surface area contributed by atoms with Crippen molar-refractivity contribution in [2.24, 2.45) is 4.99 Å². The van der Waals surface area contributed by atoms with Crippen molar-refractivity contribution in [2.75, 3.05) is 51.7 Å². The Morgan fingerprint density at radius 1 is 1.24 bits per heavy atom. The van der Waals surface area contributed by atoms with Crippen LogP contribution in [0, 0.1) is 0 Å². The van der Waals surface area contributed by atoms with Crippen LogP contribution in [0.3, 0.4) is 0 Å². The molecule has 2 heterocycles. The van der Waals surface area contributed by atoms with Crippen molar-refractivity contribution in [1.29, 1.82) is 0 Å². The SMILES string of the molecule is CN=C(NCCC(F)(F)F)NCc1ccnc(N2CCN(C)CC2)c1. The Balaban J connectivity index is 1.84. The number of pyridine rings is 1. The first-order valence-corrected chi connectivity index (χ1v) is 8.27. The second-order valence-electron chi connectivity index (χ2n) is 6.03. The van der Waals surface area contributed by atoms with E-state index in [1.54, 1.807) is 6.20 Å². The highest BCUT2D eigenvalue weighted by molar-refractivity contribution is 5.79. The maximum Gasteiger partial charge on any atom is 0.390 e. The van der Waals surface area contributed by atoms with Gasteiger partial charge in [-0.3, -0.25) is 4.99 Å². The summed E-state index contributed by atoms with van der Waals surface area (Å²) < 4.78 is 36.6. The molecule has 25 heavy (non-hydrogen) atoms. The minimum atomic E-state index is -4.17. The Bertz CT molecular complexity index is 567. The third kappa shape index (κ3) is 6.77. The summed E-state index contributed by atoms with van der Waals surface area (Å²) in [6.45, 7) is 4.13. The molecule has 0 aromatic carbocycles. The summed E-state index contributed by atoms with van der Waals surface area (Å²) in [5.41, 5.74) is 1.00. The average molecular weight is 358 g/mol. The van der Waals surface area contributed by atoms with Crippen molar-refractivity contribution in [3.05, 3.63) is 23.9 Å². The number of nitrogens with zero attached hydrogens (tertiary/aromatic N) is 4. The van der Waals surface area contributed by atoms with Gasteiger partial charge in [-0.05, 0) is 24.7 Å². The first-order chi connectivity index (χ1) is 11.9. The molecule has 0 atom stereocenters. The topological polar surface area (TPSA) is 55.8 Å². The number of halogens is 3. The lowest BCUT2D eigenvalue weighted by molar-refractivity contribution is -0.132. The zero-order chi connectivity index (χ0) is 18.3. The lowest BCUT2D eigenvalue weighted by atomic mass is 10.2. The molecule has 2 N–H and O–H groups in total. The van der Waals surface area contributed by atoms with Crippen LogP contribution in [-0.4, -0.2) is 68.8 Å². The molecule has 0 aliphatic carbocycles. The number of aliphatic imine (C=N–C) groups is 1. The smallest absolute Gasteiger partial charge is 0.356 e. The Kier molecular flexibility index (Phi) is 6.86. The van der Waals surface area contributed by atoms with Crippen molar-refractivity contribution in [3.8, 4) is 0 Å². The van der Waals surface area contributed by atoms with Crippen LogP contribution >= 0.6 is 0 Å². The molecule has 1 aliphatic heterocycles. The molecule has 9 heteroatoms. The Hall–Kier alpha value is -2.03. The molecule has 1 aliphatic rings. The monoisotopic (exact) mass is 358 g/mol. The first kappa shape index (κ1) is 19.3. The molecule has 0 spiro atoms. The lowest BCUT2D eigenvalue weighted by Crippen LogP contribution is -2.44. The molecular formula is C16H25F3N6. The fourth-order valence-corrected chi connectivity index (χ4v) is 2.51. The molecule has 1 saturated heterocycles. The highest BCUT2D eigenvalue weighted by atomic mass is 19.4. The minimum Gasteiger partial charge on any atom is -0.356 e. The average Bonchev–Trinajstić information content (AvgIpc) is 2.58. The molecule has 2 rings (SSSR count). The van der Waals surface area contributed by atoms with Crippen LogP contribution in [0.1, 0.15) is 12.0 Å². The Labute approximate surface area is 146 Å². The molecule has 0 amide bonds. The summed E-state index contributed by atoms with van der Waals surface area (Å²) in [4.78, 5) is 12.9. The fourth-order valence-electron chi connectivity index (χ4n) is 2.51. The molecular weight excluding hydrogens is 333 g/mol. The second-order valence-corrected chi connectivity index (χ2v) is 6.03. The zero-order valence-electron chi connectivity index (χ0n) is 14.6. The van der Waals surface area contributed by atoms with Gasteiger partial charge >= 0.3 is 6.18 Å². The number of guanidine groups is 1. The van der Waals surface area contributed by atoms with Gasteiger partial charge in [-0.25, -0.2) is 4.98 Å². The molecule has 0 radical (unpaired) electrons. The van der Waals surface area contributed by atoms with Gasteiger partial charge in [0.2, 0.25) is 0 Å². The fraction of sp³-hybridized carbons (Fsp3) is 0.625. The van der Waals surface area contributed by atoms with Crippen LogP contribution in [0.4, 0.5) is 19.0 Å². The quantitative estimate of drug-likeness (QED) is 0.616. The molecule has 0 unspecified atom stereocenters. The lowest BCUT2D eigenvalue weighted by Gasteiger charge is -2.33. The van der Waals surface area contributed by atoms with E-state index < -0.39 is 12.6 Å². The van der Waals surface area contributed by atoms with E-state index in [0.29, 0.717) is 12.5 Å². The van der Waals surface area contributed by atoms with E-state index in [0.717, 1.165) is 37.6 Å². The number of hydrogen-bond acceptors (Lipinski definition) is 4. The predicted octanol–water partition coefficient (Wildman–Crippen LogP) is 1.45. The van der Waals surface area contributed by atoms with Crippen LogP contribution in [0.15, 0.2) is 23.3 Å². The minimum absolute atomic E-state index is 0.202. The van der Waals surface area contributed by atoms with E-state index in [2.05, 4.69) is 37.5 Å². The number of rotatable bonds is 5. The van der Waals surface area contributed by atoms with Gasteiger partial charge in [-0.1, -0.05) is 0 Å². The maximum absolute atomic E-state index is 12.2. The van der Waals surface area contributed by atoms with Crippen LogP contribution in [0.5, 0.6) is 0 Å². The number of hydrogen-bond donors (Lipinski definition) is 2. The van der Waals surface area contributed by atoms with Crippen LogP contribution in [-0.2, 0) is 6.54 Å². The molecule has 0 bridgehead atoms. The van der Waals surface area contributed by atoms with Crippen LogP contribution in [0.2, 0.25) is 0 Å². The van der Waals surface area contributed by atoms with Gasteiger partial charge < -0.3 is 20.4 Å². The number of nitrogens with one attached hydrogen (secondary N) is 2. The number of likely N-dealkylation sites (N-methyl/N-ethyl adjacent to an activating group) is 1. The van der Waals surface area contributed by atoms with Crippen molar-refractivity contribution in [3.63, 3.8) is 0 Å². The van der Waals surface area contributed by atoms with E-state index in [1.165, 1.54) is 7.05 Å². The van der Waals surface area contributed by atoms with E-state index >= 15 is 0 Å². The van der Waals surface area contributed by atoms with Crippen molar-refractivity contribution >= 4 is 11.8 Å². The normalized spacial score (nSPS) is 16.8. The number of anilines is 1. The van der Waals surface area contributed by atoms with Crippen LogP contribution < -0.4 is 15.5 Å². The molecule has 0 saturated carbocycles. The van der Waals surface area contributed by atoms with E-state index in [1.807, 2.05) is 12.1 Å². The Morgan fingerprint density at radius 2 is 1.96 bits per heavy atom. The predicted molar refractivity (Wildman–Crippen MR) is 92.8 cm³/mol. The van der Waals surface area contributed by atoms with Gasteiger partial charge in [0.15, 0.2) is 5.96 Å². The van der Waals surface area contributed by atoms with Gasteiger partial charge in [0.25, 0.3) is 0 Å². The van der Waals surface area contributed by atoms with Gasteiger partial charge in [-0.15, -0.1) is 0 Å². The second kappa shape index (κ2) is 8.89. The largest absolute Gasteiger partial charge is 0.390 e. The Morgan fingerprint density at radius 3 is 2.60 bits per heavy atom. The molecule has 140 valence electrons.